The molecule has 0 amide bonds. The maximum atomic E-state index is 11.3. The number of aryl methyl sites for hydroxylation is 2. The molecule has 4 fully saturated rings. The van der Waals surface area contributed by atoms with Crippen molar-refractivity contribution < 1.29 is 28.8 Å². The lowest BCUT2D eigenvalue weighted by molar-refractivity contribution is -0.178. The van der Waals surface area contributed by atoms with Gasteiger partial charge in [-0.3, -0.25) is 0 Å². The second kappa shape index (κ2) is 13.9. The lowest BCUT2D eigenvalue weighted by atomic mass is 9.90. The van der Waals surface area contributed by atoms with E-state index in [-0.39, 0.29) is 11.6 Å². The Bertz CT molecular complexity index is 1790. The van der Waals surface area contributed by atoms with Crippen LogP contribution in [0.4, 0.5) is 11.6 Å². The third-order valence-corrected chi connectivity index (χ3v) is 10.6. The van der Waals surface area contributed by atoms with E-state index in [2.05, 4.69) is 61.7 Å². The lowest BCUT2D eigenvalue weighted by Gasteiger charge is -2.35. The minimum Gasteiger partial charge on any atom is -0.478 e. The molecule has 10 nitrogen and oxygen atoms in total. The molecule has 2 aromatic heterocycles. The summed E-state index contributed by atoms with van der Waals surface area (Å²) in [6.45, 7) is 6.87. The van der Waals surface area contributed by atoms with Crippen molar-refractivity contribution in [2.24, 2.45) is 0 Å². The number of fused-ring (bicyclic) bond motifs is 2. The van der Waals surface area contributed by atoms with Crippen molar-refractivity contribution in [3.05, 3.63) is 70.0 Å². The fourth-order valence-corrected chi connectivity index (χ4v) is 8.10. The number of hydrogen-bond donors (Lipinski definition) is 3. The number of carboxylic acid groups (broad SMARTS) is 1. The van der Waals surface area contributed by atoms with Gasteiger partial charge in [0.05, 0.1) is 32.0 Å². The molecule has 8 rings (SSSR count). The molecule has 0 atom stereocenters. The van der Waals surface area contributed by atoms with E-state index in [1.54, 1.807) is 12.1 Å². The van der Waals surface area contributed by atoms with Crippen LogP contribution >= 0.6 is 15.9 Å². The Morgan fingerprint density at radius 3 is 1.60 bits per heavy atom. The van der Waals surface area contributed by atoms with Crippen molar-refractivity contribution in [1.82, 2.24) is 9.97 Å². The van der Waals surface area contributed by atoms with Gasteiger partial charge in [-0.25, -0.2) is 14.8 Å². The summed E-state index contributed by atoms with van der Waals surface area (Å²) < 4.78 is 24.2. The van der Waals surface area contributed by atoms with Gasteiger partial charge in [0.15, 0.2) is 11.6 Å². The smallest absolute Gasteiger partial charge is 0.335 e. The number of aromatic nitrogens is 2. The van der Waals surface area contributed by atoms with Crippen molar-refractivity contribution in [2.45, 2.75) is 88.9 Å². The molecule has 2 aliphatic heterocycles. The van der Waals surface area contributed by atoms with Gasteiger partial charge in [0.2, 0.25) is 0 Å². The first kappa shape index (κ1) is 33.2. The van der Waals surface area contributed by atoms with Crippen LogP contribution < -0.4 is 10.6 Å². The number of ether oxygens (including phenoxy) is 4. The third kappa shape index (κ3) is 7.30. The Morgan fingerprint density at radius 2 is 1.15 bits per heavy atom. The van der Waals surface area contributed by atoms with Crippen LogP contribution in [0, 0.1) is 13.8 Å². The number of nitrogens with one attached hydrogen (secondary N) is 2. The number of pyridine rings is 2. The molecule has 2 aromatic carbocycles. The summed E-state index contributed by atoms with van der Waals surface area (Å²) in [5.74, 6) is 0.165. The number of carboxylic acids is 1. The first-order valence-electron chi connectivity index (χ1n) is 17.0. The highest BCUT2D eigenvalue weighted by Crippen LogP contribution is 2.38. The molecule has 4 aromatic rings. The van der Waals surface area contributed by atoms with Crippen molar-refractivity contribution in [2.75, 3.05) is 37.1 Å². The Morgan fingerprint density at radius 1 is 0.708 bits per heavy atom. The van der Waals surface area contributed by atoms with Crippen molar-refractivity contribution >= 4 is 55.1 Å². The van der Waals surface area contributed by atoms with Gasteiger partial charge in [0.25, 0.3) is 0 Å². The SMILES string of the molecule is Cc1cc(Br)cc2cc(NC3CCC4(CC3)OCCO4)ncc12.Cc1cc(C(=O)O)cc2cc(NC3CCC4(CC3)OCCO4)ncc12. The first-order valence-corrected chi connectivity index (χ1v) is 17.8. The van der Waals surface area contributed by atoms with E-state index in [1.807, 2.05) is 25.4 Å². The number of aromatic carboxylic acids is 1. The van der Waals surface area contributed by atoms with Crippen LogP contribution in [0.15, 0.2) is 53.3 Å². The number of anilines is 2. The number of rotatable bonds is 5. The molecule has 4 heterocycles. The summed E-state index contributed by atoms with van der Waals surface area (Å²) in [5, 5.41) is 20.6. The largest absolute Gasteiger partial charge is 0.478 e. The fraction of sp³-hybridized carbons (Fsp3) is 0.486. The van der Waals surface area contributed by atoms with Crippen LogP contribution in [0.25, 0.3) is 21.5 Å². The maximum absolute atomic E-state index is 11.3. The lowest BCUT2D eigenvalue weighted by Crippen LogP contribution is -2.39. The molecule has 2 saturated heterocycles. The molecule has 0 radical (unpaired) electrons. The third-order valence-electron chi connectivity index (χ3n) is 10.1. The summed E-state index contributed by atoms with van der Waals surface area (Å²) in [7, 11) is 0. The van der Waals surface area contributed by atoms with E-state index in [0.717, 1.165) is 97.0 Å². The summed E-state index contributed by atoms with van der Waals surface area (Å²) >= 11 is 3.57. The molecule has 2 saturated carbocycles. The van der Waals surface area contributed by atoms with Gasteiger partial charge < -0.3 is 34.7 Å². The summed E-state index contributed by atoms with van der Waals surface area (Å²) in [6.07, 6.45) is 11.5. The van der Waals surface area contributed by atoms with Crippen LogP contribution in [0.1, 0.15) is 72.9 Å². The van der Waals surface area contributed by atoms with Gasteiger partial charge in [-0.1, -0.05) is 15.9 Å². The quantitative estimate of drug-likeness (QED) is 0.189. The van der Waals surface area contributed by atoms with E-state index in [0.29, 0.717) is 30.9 Å². The second-order valence-electron chi connectivity index (χ2n) is 13.5. The van der Waals surface area contributed by atoms with Crippen molar-refractivity contribution in [3.63, 3.8) is 0 Å². The predicted octanol–water partition coefficient (Wildman–Crippen LogP) is 7.74. The van der Waals surface area contributed by atoms with Gasteiger partial charge in [0, 0.05) is 65.4 Å². The summed E-state index contributed by atoms with van der Waals surface area (Å²) in [6, 6.07) is 12.5. The van der Waals surface area contributed by atoms with Gasteiger partial charge in [0.1, 0.15) is 11.6 Å². The summed E-state index contributed by atoms with van der Waals surface area (Å²) in [5.41, 5.74) is 2.46. The number of halogens is 1. The zero-order valence-electron chi connectivity index (χ0n) is 27.5. The molecule has 11 heteroatoms. The molecular weight excluding hydrogens is 676 g/mol. The van der Waals surface area contributed by atoms with Gasteiger partial charge >= 0.3 is 5.97 Å². The minimum absolute atomic E-state index is 0.295. The highest BCUT2D eigenvalue weighted by atomic mass is 79.9. The zero-order chi connectivity index (χ0) is 33.3. The Hall–Kier alpha value is -3.35. The number of benzene rings is 2. The van der Waals surface area contributed by atoms with E-state index < -0.39 is 5.97 Å². The van der Waals surface area contributed by atoms with Crippen LogP contribution in [-0.4, -0.2) is 71.1 Å². The molecule has 3 N–H and O–H groups in total. The van der Waals surface area contributed by atoms with E-state index in [1.165, 1.54) is 16.3 Å². The molecular formula is C37H43BrN4O6. The molecule has 4 aliphatic rings. The Kier molecular flexibility index (Phi) is 9.59. The first-order chi connectivity index (χ1) is 23.2. The molecule has 2 spiro atoms. The van der Waals surface area contributed by atoms with Crippen LogP contribution in [0.2, 0.25) is 0 Å². The second-order valence-corrected chi connectivity index (χ2v) is 14.4. The topological polar surface area (TPSA) is 124 Å². The maximum Gasteiger partial charge on any atom is 0.335 e. The summed E-state index contributed by atoms with van der Waals surface area (Å²) in [4.78, 5) is 20.4. The van der Waals surface area contributed by atoms with Crippen LogP contribution in [0.5, 0.6) is 0 Å². The molecule has 0 bridgehead atoms. The van der Waals surface area contributed by atoms with E-state index in [9.17, 15) is 9.90 Å². The van der Waals surface area contributed by atoms with Gasteiger partial charge in [-0.2, -0.15) is 0 Å². The van der Waals surface area contributed by atoms with Gasteiger partial charge in [-0.15, -0.1) is 0 Å². The molecule has 48 heavy (non-hydrogen) atoms. The van der Waals surface area contributed by atoms with Crippen LogP contribution in [0.3, 0.4) is 0 Å². The molecule has 254 valence electrons. The van der Waals surface area contributed by atoms with E-state index in [4.69, 9.17) is 18.9 Å². The molecule has 0 unspecified atom stereocenters. The van der Waals surface area contributed by atoms with Crippen molar-refractivity contribution in [3.8, 4) is 0 Å². The monoisotopic (exact) mass is 718 g/mol. The average molecular weight is 720 g/mol. The average Bonchev–Trinajstić information content (AvgIpc) is 3.73. The molecule has 2 aliphatic carbocycles. The van der Waals surface area contributed by atoms with Crippen molar-refractivity contribution in [1.29, 1.82) is 0 Å². The number of carbonyl (C=O) groups is 1. The van der Waals surface area contributed by atoms with Gasteiger partial charge in [-0.05, 0) is 97.8 Å². The highest BCUT2D eigenvalue weighted by molar-refractivity contribution is 9.10. The minimum atomic E-state index is -0.912. The van der Waals surface area contributed by atoms with Crippen LogP contribution in [-0.2, 0) is 18.9 Å². The number of nitrogens with zero attached hydrogens (tertiary/aromatic N) is 2. The zero-order valence-corrected chi connectivity index (χ0v) is 29.1. The standard InChI is InChI=1S/C19H22N2O4.C18H21BrN2O2/c1-12-8-14(18(22)23)9-13-10-17(20-11-16(12)13)21-15-2-4-19(5-3-15)24-6-7-25-19;1-12-8-14(19)9-13-10-17(20-11-16(12)13)21-15-2-4-18(5-3-15)22-6-7-23-18/h8-11,15H,2-7H2,1H3,(H,20,21)(H,22,23);8-11,15H,2-7H2,1H3,(H,20,21). The highest BCUT2D eigenvalue weighted by Gasteiger charge is 2.41. The number of hydrogen-bond acceptors (Lipinski definition) is 9. The Labute approximate surface area is 289 Å². The normalized spacial score (nSPS) is 21.8. The fourth-order valence-electron chi connectivity index (χ4n) is 7.51. The van der Waals surface area contributed by atoms with E-state index >= 15 is 0 Å². The predicted molar refractivity (Wildman–Crippen MR) is 189 cm³/mol. The Balaban J connectivity index is 0.000000152.